The Labute approximate surface area is 120 Å². The van der Waals surface area contributed by atoms with Crippen LogP contribution in [-0.2, 0) is 11.2 Å². The van der Waals surface area contributed by atoms with Crippen LogP contribution in [0.5, 0.6) is 5.75 Å². The molecule has 3 heteroatoms. The van der Waals surface area contributed by atoms with Gasteiger partial charge in [-0.2, -0.15) is 0 Å². The fraction of sp³-hybridized carbons (Fsp3) is 0.412. The molecular weight excluding hydrogens is 250 g/mol. The molecule has 0 saturated heterocycles. The van der Waals surface area contributed by atoms with Crippen molar-refractivity contribution in [2.24, 2.45) is 5.73 Å². The number of rotatable bonds is 8. The molecule has 0 aromatic heterocycles. The lowest BCUT2D eigenvalue weighted by molar-refractivity contribution is 0.100. The van der Waals surface area contributed by atoms with Crippen LogP contribution in [0.3, 0.4) is 0 Å². The number of ether oxygens (including phenoxy) is 2. The molecule has 0 bridgehead atoms. The standard InChI is InChI=1S/C17H23NO2/c1-2-11-19-12-13-20-17-8-7-14-5-3-4-6-15(14)16(17)9-10-18/h3-8H,2,9-13,18H2,1H3. The van der Waals surface area contributed by atoms with Crippen molar-refractivity contribution >= 4 is 10.8 Å². The molecule has 0 amide bonds. The van der Waals surface area contributed by atoms with Crippen molar-refractivity contribution in [3.05, 3.63) is 42.0 Å². The van der Waals surface area contributed by atoms with E-state index in [-0.39, 0.29) is 0 Å². The van der Waals surface area contributed by atoms with Gasteiger partial charge in [-0.05, 0) is 36.2 Å². The number of hydrogen-bond acceptors (Lipinski definition) is 3. The van der Waals surface area contributed by atoms with Crippen molar-refractivity contribution < 1.29 is 9.47 Å². The van der Waals surface area contributed by atoms with Gasteiger partial charge in [0.25, 0.3) is 0 Å². The van der Waals surface area contributed by atoms with Crippen LogP contribution in [0.15, 0.2) is 36.4 Å². The Morgan fingerprint density at radius 3 is 2.65 bits per heavy atom. The summed E-state index contributed by atoms with van der Waals surface area (Å²) in [7, 11) is 0. The molecule has 0 aliphatic heterocycles. The fourth-order valence-corrected chi connectivity index (χ4v) is 2.31. The third-order valence-electron chi connectivity index (χ3n) is 3.23. The second kappa shape index (κ2) is 7.88. The van der Waals surface area contributed by atoms with Gasteiger partial charge >= 0.3 is 0 Å². The predicted molar refractivity (Wildman–Crippen MR) is 83.3 cm³/mol. The Bertz CT molecular complexity index is 540. The zero-order valence-corrected chi connectivity index (χ0v) is 12.1. The van der Waals surface area contributed by atoms with Crippen LogP contribution < -0.4 is 10.5 Å². The summed E-state index contributed by atoms with van der Waals surface area (Å²) >= 11 is 0. The van der Waals surface area contributed by atoms with Crippen LogP contribution >= 0.6 is 0 Å². The Morgan fingerprint density at radius 2 is 1.85 bits per heavy atom. The zero-order valence-electron chi connectivity index (χ0n) is 12.1. The molecule has 3 nitrogen and oxygen atoms in total. The highest BCUT2D eigenvalue weighted by atomic mass is 16.5. The molecule has 20 heavy (non-hydrogen) atoms. The van der Waals surface area contributed by atoms with Gasteiger partial charge in [0, 0.05) is 12.2 Å². The summed E-state index contributed by atoms with van der Waals surface area (Å²) < 4.78 is 11.3. The first-order valence-corrected chi connectivity index (χ1v) is 7.28. The first-order valence-electron chi connectivity index (χ1n) is 7.28. The fourth-order valence-electron chi connectivity index (χ4n) is 2.31. The monoisotopic (exact) mass is 273 g/mol. The Balaban J connectivity index is 2.13. The SMILES string of the molecule is CCCOCCOc1ccc2ccccc2c1CCN. The molecule has 0 unspecified atom stereocenters. The molecule has 2 aromatic carbocycles. The van der Waals surface area contributed by atoms with E-state index in [2.05, 4.69) is 31.2 Å². The molecule has 2 N–H and O–H groups in total. The van der Waals surface area contributed by atoms with Crippen molar-refractivity contribution in [3.8, 4) is 5.75 Å². The van der Waals surface area contributed by atoms with Crippen molar-refractivity contribution in [2.75, 3.05) is 26.4 Å². The second-order valence-electron chi connectivity index (χ2n) is 4.76. The molecule has 0 aliphatic carbocycles. The Morgan fingerprint density at radius 1 is 1.00 bits per heavy atom. The van der Waals surface area contributed by atoms with Gasteiger partial charge in [-0.1, -0.05) is 37.3 Å². The first-order chi connectivity index (χ1) is 9.86. The van der Waals surface area contributed by atoms with Crippen LogP contribution in [0, 0.1) is 0 Å². The van der Waals surface area contributed by atoms with E-state index in [4.69, 9.17) is 15.2 Å². The molecule has 2 rings (SSSR count). The normalized spacial score (nSPS) is 10.9. The van der Waals surface area contributed by atoms with Gasteiger partial charge < -0.3 is 15.2 Å². The molecule has 0 heterocycles. The highest BCUT2D eigenvalue weighted by Crippen LogP contribution is 2.28. The highest BCUT2D eigenvalue weighted by molar-refractivity contribution is 5.87. The summed E-state index contributed by atoms with van der Waals surface area (Å²) in [5.74, 6) is 0.925. The van der Waals surface area contributed by atoms with Crippen molar-refractivity contribution in [3.63, 3.8) is 0 Å². The summed E-state index contributed by atoms with van der Waals surface area (Å²) in [5, 5.41) is 2.45. The second-order valence-corrected chi connectivity index (χ2v) is 4.76. The molecule has 0 fully saturated rings. The van der Waals surface area contributed by atoms with Gasteiger partial charge in [0.2, 0.25) is 0 Å². The molecule has 0 aliphatic rings. The minimum absolute atomic E-state index is 0.579. The van der Waals surface area contributed by atoms with E-state index in [0.29, 0.717) is 19.8 Å². The molecule has 0 saturated carbocycles. The lowest BCUT2D eigenvalue weighted by Gasteiger charge is -2.14. The summed E-state index contributed by atoms with van der Waals surface area (Å²) in [6.07, 6.45) is 1.86. The van der Waals surface area contributed by atoms with Gasteiger partial charge in [-0.15, -0.1) is 0 Å². The maximum Gasteiger partial charge on any atom is 0.123 e. The van der Waals surface area contributed by atoms with Crippen LogP contribution in [0.2, 0.25) is 0 Å². The largest absolute Gasteiger partial charge is 0.491 e. The lowest BCUT2D eigenvalue weighted by atomic mass is 10.0. The smallest absolute Gasteiger partial charge is 0.123 e. The number of hydrogen-bond donors (Lipinski definition) is 1. The molecular formula is C17H23NO2. The van der Waals surface area contributed by atoms with Gasteiger partial charge in [0.05, 0.1) is 6.61 Å². The van der Waals surface area contributed by atoms with E-state index in [1.807, 2.05) is 12.1 Å². The van der Waals surface area contributed by atoms with Crippen molar-refractivity contribution in [1.82, 2.24) is 0 Å². The van der Waals surface area contributed by atoms with Gasteiger partial charge in [-0.3, -0.25) is 0 Å². The average molecular weight is 273 g/mol. The van der Waals surface area contributed by atoms with Gasteiger partial charge in [-0.25, -0.2) is 0 Å². The van der Waals surface area contributed by atoms with Crippen LogP contribution in [0.25, 0.3) is 10.8 Å². The Kier molecular flexibility index (Phi) is 5.84. The molecule has 0 spiro atoms. The zero-order chi connectivity index (χ0) is 14.2. The van der Waals surface area contributed by atoms with E-state index >= 15 is 0 Å². The maximum absolute atomic E-state index is 5.86. The average Bonchev–Trinajstić information content (AvgIpc) is 2.49. The minimum atomic E-state index is 0.579. The third-order valence-corrected chi connectivity index (χ3v) is 3.23. The summed E-state index contributed by atoms with van der Waals surface area (Å²) in [6, 6.07) is 12.5. The van der Waals surface area contributed by atoms with Crippen LogP contribution in [0.4, 0.5) is 0 Å². The molecule has 2 aromatic rings. The van der Waals surface area contributed by atoms with E-state index in [1.165, 1.54) is 16.3 Å². The summed E-state index contributed by atoms with van der Waals surface area (Å²) in [6.45, 7) is 4.72. The number of benzene rings is 2. The van der Waals surface area contributed by atoms with E-state index in [0.717, 1.165) is 25.2 Å². The topological polar surface area (TPSA) is 44.5 Å². The third kappa shape index (κ3) is 3.71. The van der Waals surface area contributed by atoms with E-state index in [9.17, 15) is 0 Å². The first kappa shape index (κ1) is 14.8. The highest BCUT2D eigenvalue weighted by Gasteiger charge is 2.08. The molecule has 0 radical (unpaired) electrons. The van der Waals surface area contributed by atoms with E-state index in [1.54, 1.807) is 0 Å². The minimum Gasteiger partial charge on any atom is -0.491 e. The summed E-state index contributed by atoms with van der Waals surface area (Å²) in [4.78, 5) is 0. The van der Waals surface area contributed by atoms with Gasteiger partial charge in [0.15, 0.2) is 0 Å². The molecule has 0 atom stereocenters. The van der Waals surface area contributed by atoms with Crippen LogP contribution in [0.1, 0.15) is 18.9 Å². The van der Waals surface area contributed by atoms with Crippen molar-refractivity contribution in [1.29, 1.82) is 0 Å². The number of fused-ring (bicyclic) bond motifs is 1. The van der Waals surface area contributed by atoms with Gasteiger partial charge in [0.1, 0.15) is 12.4 Å². The van der Waals surface area contributed by atoms with E-state index < -0.39 is 0 Å². The quantitative estimate of drug-likeness (QED) is 0.751. The predicted octanol–water partition coefficient (Wildman–Crippen LogP) is 3.15. The Hall–Kier alpha value is -1.58. The van der Waals surface area contributed by atoms with Crippen molar-refractivity contribution in [2.45, 2.75) is 19.8 Å². The number of nitrogens with two attached hydrogens (primary N) is 1. The van der Waals surface area contributed by atoms with Crippen LogP contribution in [-0.4, -0.2) is 26.4 Å². The maximum atomic E-state index is 5.86. The summed E-state index contributed by atoms with van der Waals surface area (Å²) in [5.41, 5.74) is 6.93. The molecule has 108 valence electrons. The lowest BCUT2D eigenvalue weighted by Crippen LogP contribution is -2.10.